The highest BCUT2D eigenvalue weighted by atomic mass is 19.4. The SMILES string of the molecule is CC(C)(C)/C(O)=C/C(=O)C(F)(F)C(F)(F)OC(F)(F)F. The first kappa shape index (κ1) is 18.7. The summed E-state index contributed by atoms with van der Waals surface area (Å²) in [6, 6.07) is 0. The van der Waals surface area contributed by atoms with Gasteiger partial charge in [-0.15, -0.1) is 13.2 Å². The van der Waals surface area contributed by atoms with Gasteiger partial charge in [0.1, 0.15) is 5.76 Å². The second-order valence-corrected chi connectivity index (χ2v) is 4.78. The molecule has 0 unspecified atom stereocenters. The maximum atomic E-state index is 13.0. The van der Waals surface area contributed by atoms with E-state index in [4.69, 9.17) is 0 Å². The van der Waals surface area contributed by atoms with Gasteiger partial charge in [0, 0.05) is 11.5 Å². The second-order valence-electron chi connectivity index (χ2n) is 4.78. The van der Waals surface area contributed by atoms with Gasteiger partial charge < -0.3 is 5.11 Å². The molecule has 0 spiro atoms. The molecule has 10 heteroatoms. The van der Waals surface area contributed by atoms with Gasteiger partial charge in [0.15, 0.2) is 0 Å². The lowest BCUT2D eigenvalue weighted by molar-refractivity contribution is -0.457. The van der Waals surface area contributed by atoms with Crippen LogP contribution in [0.2, 0.25) is 0 Å². The average molecular weight is 312 g/mol. The highest BCUT2D eigenvalue weighted by molar-refractivity contribution is 5.96. The first-order valence-corrected chi connectivity index (χ1v) is 4.99. The molecule has 0 amide bonds. The number of carbonyl (C=O) groups is 1. The van der Waals surface area contributed by atoms with Crippen molar-refractivity contribution >= 4 is 5.78 Å². The molecule has 0 rings (SSSR count). The van der Waals surface area contributed by atoms with Crippen LogP contribution in [0.4, 0.5) is 30.7 Å². The van der Waals surface area contributed by atoms with Gasteiger partial charge >= 0.3 is 18.4 Å². The molecule has 20 heavy (non-hydrogen) atoms. The van der Waals surface area contributed by atoms with E-state index in [-0.39, 0.29) is 6.08 Å². The van der Waals surface area contributed by atoms with Crippen molar-refractivity contribution in [3.8, 4) is 0 Å². The number of ketones is 1. The van der Waals surface area contributed by atoms with Gasteiger partial charge in [0.2, 0.25) is 5.78 Å². The number of hydrogen-bond acceptors (Lipinski definition) is 3. The van der Waals surface area contributed by atoms with E-state index < -0.39 is 35.4 Å². The fourth-order valence-electron chi connectivity index (χ4n) is 0.784. The standard InChI is InChI=1S/C10H11F7O3/c1-7(2,3)5(18)4-6(19)8(11,12)9(13,14)20-10(15,16)17/h4,18H,1-3H3/b5-4-. The Hall–Kier alpha value is -1.32. The lowest BCUT2D eigenvalue weighted by Crippen LogP contribution is -2.50. The summed E-state index contributed by atoms with van der Waals surface area (Å²) in [4.78, 5) is 10.9. The molecule has 0 saturated heterocycles. The van der Waals surface area contributed by atoms with Gasteiger partial charge in [0.05, 0.1) is 0 Å². The zero-order valence-corrected chi connectivity index (χ0v) is 10.5. The Labute approximate surface area is 109 Å². The Bertz CT molecular complexity index is 404. The third-order valence-electron chi connectivity index (χ3n) is 1.96. The van der Waals surface area contributed by atoms with Crippen LogP contribution in [0.5, 0.6) is 0 Å². The largest absolute Gasteiger partial charge is 0.527 e. The van der Waals surface area contributed by atoms with E-state index in [9.17, 15) is 40.6 Å². The van der Waals surface area contributed by atoms with Crippen LogP contribution >= 0.6 is 0 Å². The minimum Gasteiger partial charge on any atom is -0.512 e. The minimum absolute atomic E-state index is 0.256. The van der Waals surface area contributed by atoms with Crippen molar-refractivity contribution in [2.75, 3.05) is 0 Å². The van der Waals surface area contributed by atoms with Crippen molar-refractivity contribution in [2.45, 2.75) is 39.2 Å². The van der Waals surface area contributed by atoms with E-state index in [1.165, 1.54) is 20.8 Å². The number of rotatable bonds is 4. The molecule has 0 aliphatic heterocycles. The average Bonchev–Trinajstić information content (AvgIpc) is 2.11. The number of alkyl halides is 7. The van der Waals surface area contributed by atoms with Gasteiger partial charge in [0.25, 0.3) is 0 Å². The summed E-state index contributed by atoms with van der Waals surface area (Å²) in [5, 5.41) is 9.22. The van der Waals surface area contributed by atoms with Crippen LogP contribution in [0.15, 0.2) is 11.8 Å². The summed E-state index contributed by atoms with van der Waals surface area (Å²) in [6.45, 7) is 3.78. The molecule has 0 aliphatic rings. The predicted molar refractivity (Wildman–Crippen MR) is 52.2 cm³/mol. The molecule has 0 fully saturated rings. The molecule has 1 N–H and O–H groups in total. The van der Waals surface area contributed by atoms with E-state index in [2.05, 4.69) is 0 Å². The second kappa shape index (κ2) is 5.23. The molecule has 3 nitrogen and oxygen atoms in total. The Balaban J connectivity index is 5.38. The fourth-order valence-corrected chi connectivity index (χ4v) is 0.784. The molecule has 0 atom stereocenters. The fraction of sp³-hybridized carbons (Fsp3) is 0.700. The lowest BCUT2D eigenvalue weighted by atomic mass is 9.92. The van der Waals surface area contributed by atoms with Crippen LogP contribution in [0.25, 0.3) is 0 Å². The molecule has 0 aromatic rings. The molecule has 0 aromatic carbocycles. The van der Waals surface area contributed by atoms with Crippen molar-refractivity contribution in [1.82, 2.24) is 0 Å². The summed E-state index contributed by atoms with van der Waals surface area (Å²) < 4.78 is 88.0. The molecular weight excluding hydrogens is 301 g/mol. The summed E-state index contributed by atoms with van der Waals surface area (Å²) in [7, 11) is 0. The van der Waals surface area contributed by atoms with Crippen LogP contribution in [-0.4, -0.2) is 29.3 Å². The molecule has 0 saturated carbocycles. The Morgan fingerprint density at radius 3 is 1.70 bits per heavy atom. The topological polar surface area (TPSA) is 46.5 Å². The molecule has 0 aliphatic carbocycles. The first-order chi connectivity index (χ1) is 8.51. The summed E-state index contributed by atoms with van der Waals surface area (Å²) in [5.74, 6) is -9.49. The van der Waals surface area contributed by atoms with Gasteiger partial charge in [-0.3, -0.25) is 4.79 Å². The van der Waals surface area contributed by atoms with Gasteiger partial charge in [-0.25, -0.2) is 4.74 Å². The normalized spacial score (nSPS) is 15.4. The number of allylic oxidation sites excluding steroid dienone is 2. The number of aliphatic hydroxyl groups is 1. The van der Waals surface area contributed by atoms with Crippen molar-refractivity contribution < 1.29 is 45.4 Å². The summed E-state index contributed by atoms with van der Waals surface area (Å²) in [5.41, 5.74) is -1.23. The van der Waals surface area contributed by atoms with Crippen LogP contribution < -0.4 is 0 Å². The summed E-state index contributed by atoms with van der Waals surface area (Å²) >= 11 is 0. The molecule has 0 radical (unpaired) electrons. The quantitative estimate of drug-likeness (QED) is 0.488. The van der Waals surface area contributed by atoms with Gasteiger partial charge in [-0.1, -0.05) is 20.8 Å². The van der Waals surface area contributed by atoms with Crippen molar-refractivity contribution in [2.24, 2.45) is 5.41 Å². The zero-order valence-electron chi connectivity index (χ0n) is 10.5. The maximum Gasteiger partial charge on any atom is 0.527 e. The summed E-state index contributed by atoms with van der Waals surface area (Å²) in [6.07, 6.45) is -12.4. The number of aliphatic hydroxyl groups excluding tert-OH is 1. The van der Waals surface area contributed by atoms with Crippen molar-refractivity contribution in [3.05, 3.63) is 11.8 Å². The monoisotopic (exact) mass is 312 g/mol. The minimum atomic E-state index is -6.10. The van der Waals surface area contributed by atoms with Crippen LogP contribution in [-0.2, 0) is 9.53 Å². The zero-order chi connectivity index (χ0) is 16.6. The van der Waals surface area contributed by atoms with Crippen molar-refractivity contribution in [1.29, 1.82) is 0 Å². The van der Waals surface area contributed by atoms with Gasteiger partial charge in [-0.2, -0.15) is 17.6 Å². The lowest BCUT2D eigenvalue weighted by Gasteiger charge is -2.25. The predicted octanol–water partition coefficient (Wildman–Crippen LogP) is 3.81. The highest BCUT2D eigenvalue weighted by Crippen LogP contribution is 2.41. The van der Waals surface area contributed by atoms with Crippen LogP contribution in [0, 0.1) is 5.41 Å². The number of carbonyl (C=O) groups excluding carboxylic acids is 1. The maximum absolute atomic E-state index is 13.0. The third-order valence-corrected chi connectivity index (χ3v) is 1.96. The Morgan fingerprint density at radius 1 is 1.00 bits per heavy atom. The van der Waals surface area contributed by atoms with Crippen LogP contribution in [0.1, 0.15) is 20.8 Å². The van der Waals surface area contributed by atoms with Crippen molar-refractivity contribution in [3.63, 3.8) is 0 Å². The third kappa shape index (κ3) is 4.66. The number of ether oxygens (including phenoxy) is 1. The molecule has 0 aromatic heterocycles. The molecular formula is C10H11F7O3. The van der Waals surface area contributed by atoms with E-state index >= 15 is 0 Å². The molecule has 118 valence electrons. The highest BCUT2D eigenvalue weighted by Gasteiger charge is 2.66. The van der Waals surface area contributed by atoms with Gasteiger partial charge in [-0.05, 0) is 0 Å². The Kier molecular flexibility index (Phi) is 4.88. The smallest absolute Gasteiger partial charge is 0.512 e. The van der Waals surface area contributed by atoms with E-state index in [1.54, 1.807) is 0 Å². The van der Waals surface area contributed by atoms with Crippen LogP contribution in [0.3, 0.4) is 0 Å². The first-order valence-electron chi connectivity index (χ1n) is 4.99. The van der Waals surface area contributed by atoms with E-state index in [0.29, 0.717) is 0 Å². The number of halogens is 7. The molecule has 0 heterocycles. The Morgan fingerprint density at radius 2 is 1.40 bits per heavy atom. The molecule has 0 bridgehead atoms. The van der Waals surface area contributed by atoms with E-state index in [0.717, 1.165) is 0 Å². The number of hydrogen-bond donors (Lipinski definition) is 1. The van der Waals surface area contributed by atoms with E-state index in [1.807, 2.05) is 4.74 Å².